The second-order valence-corrected chi connectivity index (χ2v) is 6.73. The zero-order valence-electron chi connectivity index (χ0n) is 13.3. The lowest BCUT2D eigenvalue weighted by atomic mass is 10.0. The first-order chi connectivity index (χ1) is 11.7. The molecular weight excluding hydrogens is 324 g/mol. The van der Waals surface area contributed by atoms with Crippen LogP contribution in [0.25, 0.3) is 5.69 Å². The van der Waals surface area contributed by atoms with Gasteiger partial charge in [-0.05, 0) is 43.9 Å². The topological polar surface area (TPSA) is 55.9 Å². The van der Waals surface area contributed by atoms with E-state index in [0.717, 1.165) is 42.9 Å². The molecule has 0 saturated heterocycles. The van der Waals surface area contributed by atoms with Crippen LogP contribution in [0.2, 0.25) is 5.02 Å². The lowest BCUT2D eigenvalue weighted by Crippen LogP contribution is -2.26. The minimum atomic E-state index is -0.797. The third-order valence-electron chi connectivity index (χ3n) is 4.64. The number of rotatable bonds is 4. The van der Waals surface area contributed by atoms with E-state index in [1.54, 1.807) is 10.9 Å². The maximum Gasteiger partial charge on any atom is 0.141 e. The number of hydrogen-bond donors (Lipinski definition) is 1. The van der Waals surface area contributed by atoms with Gasteiger partial charge in [0.05, 0.1) is 22.9 Å². The number of aromatic nitrogens is 4. The van der Waals surface area contributed by atoms with Gasteiger partial charge in [-0.15, -0.1) is 0 Å². The fourth-order valence-electron chi connectivity index (χ4n) is 3.42. The summed E-state index contributed by atoms with van der Waals surface area (Å²) in [5.74, 6) is 0.743. The van der Waals surface area contributed by atoms with Gasteiger partial charge in [-0.1, -0.05) is 23.7 Å². The predicted octanol–water partition coefficient (Wildman–Crippen LogP) is 3.53. The number of para-hydroxylation sites is 1. The van der Waals surface area contributed by atoms with Gasteiger partial charge < -0.3 is 9.67 Å². The van der Waals surface area contributed by atoms with E-state index in [4.69, 9.17) is 11.6 Å². The molecule has 0 unspecified atom stereocenters. The largest absolute Gasteiger partial charge is 0.382 e. The van der Waals surface area contributed by atoms with E-state index in [1.165, 1.54) is 0 Å². The first kappa shape index (κ1) is 15.4. The van der Waals surface area contributed by atoms with Crippen molar-refractivity contribution in [2.24, 2.45) is 0 Å². The number of benzene rings is 1. The Kier molecular flexibility index (Phi) is 3.90. The van der Waals surface area contributed by atoms with Crippen LogP contribution >= 0.6 is 11.6 Å². The molecule has 0 atom stereocenters. The molecule has 0 aliphatic heterocycles. The first-order valence-corrected chi connectivity index (χ1v) is 8.57. The molecule has 1 fully saturated rings. The molecule has 1 N–H and O–H groups in total. The van der Waals surface area contributed by atoms with Crippen LogP contribution in [-0.4, -0.2) is 24.4 Å². The average Bonchev–Trinajstić information content (AvgIpc) is 3.30. The van der Waals surface area contributed by atoms with Crippen LogP contribution in [0, 0.1) is 0 Å². The molecule has 124 valence electrons. The summed E-state index contributed by atoms with van der Waals surface area (Å²) in [6, 6.07) is 9.58. The smallest absolute Gasteiger partial charge is 0.141 e. The predicted molar refractivity (Wildman–Crippen MR) is 92.3 cm³/mol. The molecule has 0 amide bonds. The Bertz CT molecular complexity index is 848. The summed E-state index contributed by atoms with van der Waals surface area (Å²) in [5.41, 5.74) is 0.955. The monoisotopic (exact) mass is 342 g/mol. The maximum absolute atomic E-state index is 10.8. The van der Waals surface area contributed by atoms with E-state index >= 15 is 0 Å². The van der Waals surface area contributed by atoms with Crippen LogP contribution < -0.4 is 0 Å². The molecule has 1 aliphatic rings. The highest BCUT2D eigenvalue weighted by Gasteiger charge is 2.36. The number of aliphatic hydroxyl groups is 1. The number of imidazole rings is 1. The normalized spacial score (nSPS) is 16.6. The highest BCUT2D eigenvalue weighted by atomic mass is 35.5. The van der Waals surface area contributed by atoms with Crippen molar-refractivity contribution in [1.82, 2.24) is 19.3 Å². The molecule has 4 rings (SSSR count). The molecule has 1 aliphatic carbocycles. The van der Waals surface area contributed by atoms with Crippen molar-refractivity contribution in [1.29, 1.82) is 0 Å². The molecule has 24 heavy (non-hydrogen) atoms. The zero-order valence-corrected chi connectivity index (χ0v) is 14.0. The third-order valence-corrected chi connectivity index (χ3v) is 4.96. The van der Waals surface area contributed by atoms with Crippen LogP contribution in [-0.2, 0) is 12.1 Å². The van der Waals surface area contributed by atoms with E-state index in [-0.39, 0.29) is 0 Å². The molecule has 0 bridgehead atoms. The van der Waals surface area contributed by atoms with E-state index in [2.05, 4.69) is 10.1 Å². The average molecular weight is 343 g/mol. The summed E-state index contributed by atoms with van der Waals surface area (Å²) in [4.78, 5) is 4.40. The molecule has 0 radical (unpaired) electrons. The Morgan fingerprint density at radius 1 is 1.12 bits per heavy atom. The van der Waals surface area contributed by atoms with Gasteiger partial charge >= 0.3 is 0 Å². The Balaban J connectivity index is 1.60. The van der Waals surface area contributed by atoms with Crippen LogP contribution in [0.4, 0.5) is 0 Å². The minimum absolute atomic E-state index is 0.578. The Hall–Kier alpha value is -2.11. The number of halogens is 1. The molecule has 5 nitrogen and oxygen atoms in total. The van der Waals surface area contributed by atoms with Crippen molar-refractivity contribution in [2.75, 3.05) is 0 Å². The van der Waals surface area contributed by atoms with Gasteiger partial charge in [0.25, 0.3) is 0 Å². The summed E-state index contributed by atoms with van der Waals surface area (Å²) in [5, 5.41) is 16.1. The van der Waals surface area contributed by atoms with Crippen molar-refractivity contribution < 1.29 is 5.11 Å². The van der Waals surface area contributed by atoms with Gasteiger partial charge in [-0.25, -0.2) is 9.67 Å². The molecule has 3 aromatic rings. The van der Waals surface area contributed by atoms with E-state index in [1.807, 2.05) is 47.3 Å². The molecule has 6 heteroatoms. The molecule has 2 aromatic heterocycles. The van der Waals surface area contributed by atoms with E-state index in [9.17, 15) is 5.11 Å². The van der Waals surface area contributed by atoms with Gasteiger partial charge in [-0.3, -0.25) is 0 Å². The maximum atomic E-state index is 10.8. The standard InChI is InChI=1S/C18H19ClN4O/c19-15-5-1-2-6-16(15)23-11-7-14(21-23)13-22-12-10-20-17(22)18(24)8-3-4-9-18/h1-2,5-7,10-12,24H,3-4,8-9,13H2. The van der Waals surface area contributed by atoms with Gasteiger partial charge in [0.2, 0.25) is 0 Å². The number of nitrogens with zero attached hydrogens (tertiary/aromatic N) is 4. The highest BCUT2D eigenvalue weighted by Crippen LogP contribution is 2.37. The van der Waals surface area contributed by atoms with Crippen LogP contribution in [0.3, 0.4) is 0 Å². The second kappa shape index (κ2) is 6.07. The summed E-state index contributed by atoms with van der Waals surface area (Å²) in [6.45, 7) is 0.578. The van der Waals surface area contributed by atoms with Crippen molar-refractivity contribution >= 4 is 11.6 Å². The number of hydrogen-bond acceptors (Lipinski definition) is 3. The molecule has 1 saturated carbocycles. The lowest BCUT2D eigenvalue weighted by Gasteiger charge is -2.22. The Morgan fingerprint density at radius 2 is 1.92 bits per heavy atom. The molecule has 0 spiro atoms. The quantitative estimate of drug-likeness (QED) is 0.789. The summed E-state index contributed by atoms with van der Waals surface area (Å²) < 4.78 is 3.77. The van der Waals surface area contributed by atoms with E-state index < -0.39 is 5.60 Å². The van der Waals surface area contributed by atoms with Crippen LogP contribution in [0.1, 0.15) is 37.2 Å². The van der Waals surface area contributed by atoms with Crippen molar-refractivity contribution in [3.8, 4) is 5.69 Å². The van der Waals surface area contributed by atoms with Gasteiger partial charge in [0.1, 0.15) is 11.4 Å². The van der Waals surface area contributed by atoms with Crippen molar-refractivity contribution in [2.45, 2.75) is 37.8 Å². The summed E-state index contributed by atoms with van der Waals surface area (Å²) in [6.07, 6.45) is 9.19. The summed E-state index contributed by atoms with van der Waals surface area (Å²) >= 11 is 6.23. The van der Waals surface area contributed by atoms with Crippen LogP contribution in [0.15, 0.2) is 48.9 Å². The molecule has 1 aromatic carbocycles. The lowest BCUT2D eigenvalue weighted by molar-refractivity contribution is 0.0318. The zero-order chi connectivity index (χ0) is 16.6. The van der Waals surface area contributed by atoms with Gasteiger partial charge in [0.15, 0.2) is 0 Å². The molecule has 2 heterocycles. The van der Waals surface area contributed by atoms with Crippen molar-refractivity contribution in [3.63, 3.8) is 0 Å². The fourth-order valence-corrected chi connectivity index (χ4v) is 3.64. The summed E-state index contributed by atoms with van der Waals surface area (Å²) in [7, 11) is 0. The van der Waals surface area contributed by atoms with Gasteiger partial charge in [-0.2, -0.15) is 5.10 Å². The van der Waals surface area contributed by atoms with Crippen LogP contribution in [0.5, 0.6) is 0 Å². The highest BCUT2D eigenvalue weighted by molar-refractivity contribution is 6.32. The Morgan fingerprint density at radius 3 is 2.71 bits per heavy atom. The second-order valence-electron chi connectivity index (χ2n) is 6.32. The first-order valence-electron chi connectivity index (χ1n) is 8.19. The fraction of sp³-hybridized carbons (Fsp3) is 0.333. The Labute approximate surface area is 145 Å². The SMILES string of the molecule is OC1(c2nccn2Cc2ccn(-c3ccccc3Cl)n2)CCCC1. The molecular formula is C18H19ClN4O. The van der Waals surface area contributed by atoms with Gasteiger partial charge in [0, 0.05) is 18.6 Å². The third kappa shape index (κ3) is 2.74. The van der Waals surface area contributed by atoms with Crippen molar-refractivity contribution in [3.05, 3.63) is 65.5 Å². The van der Waals surface area contributed by atoms with E-state index in [0.29, 0.717) is 11.6 Å². The minimum Gasteiger partial charge on any atom is -0.382 e.